The van der Waals surface area contributed by atoms with Crippen LogP contribution in [0.3, 0.4) is 0 Å². The van der Waals surface area contributed by atoms with E-state index in [1.165, 1.54) is 18.2 Å². The third kappa shape index (κ3) is 1.69. The average Bonchev–Trinajstić information content (AvgIpc) is 2.99. The second-order valence-corrected chi connectivity index (χ2v) is 3.71. The summed E-state index contributed by atoms with van der Waals surface area (Å²) in [5.74, 6) is 0.455. The second kappa shape index (κ2) is 3.92. The van der Waals surface area contributed by atoms with Gasteiger partial charge in [-0.15, -0.1) is 0 Å². The van der Waals surface area contributed by atoms with E-state index >= 15 is 0 Å². The molecule has 90 valence electrons. The smallest absolute Gasteiger partial charge is 0.262 e. The highest BCUT2D eigenvalue weighted by Crippen LogP contribution is 2.31. The third-order valence-corrected chi connectivity index (χ3v) is 2.48. The van der Waals surface area contributed by atoms with E-state index in [2.05, 4.69) is 15.1 Å². The first-order valence-corrected chi connectivity index (χ1v) is 5.24. The normalized spacial score (nSPS) is 10.7. The number of nitrogens with one attached hydrogen (secondary N) is 1. The quantitative estimate of drug-likeness (QED) is 0.641. The molecule has 2 aromatic heterocycles. The highest BCUT2D eigenvalue weighted by Gasteiger charge is 2.14. The van der Waals surface area contributed by atoms with Gasteiger partial charge in [-0.2, -0.15) is 4.98 Å². The summed E-state index contributed by atoms with van der Waals surface area (Å²) in [4.78, 5) is 7.12. The first kappa shape index (κ1) is 10.4. The molecule has 3 aromatic rings. The van der Waals surface area contributed by atoms with Crippen LogP contribution >= 0.6 is 0 Å². The lowest BCUT2D eigenvalue weighted by Crippen LogP contribution is -1.81. The van der Waals surface area contributed by atoms with Crippen LogP contribution in [0.25, 0.3) is 23.0 Å². The van der Waals surface area contributed by atoms with E-state index in [0.29, 0.717) is 11.4 Å². The van der Waals surface area contributed by atoms with Gasteiger partial charge in [0.2, 0.25) is 5.82 Å². The Labute approximate surface area is 102 Å². The molecule has 0 aliphatic heterocycles. The molecule has 3 rings (SSSR count). The first-order valence-electron chi connectivity index (χ1n) is 5.24. The Morgan fingerprint density at radius 3 is 2.78 bits per heavy atom. The summed E-state index contributed by atoms with van der Waals surface area (Å²) in [6.07, 6.45) is 1.75. The van der Waals surface area contributed by atoms with Crippen molar-refractivity contribution in [3.63, 3.8) is 0 Å². The molecule has 0 amide bonds. The lowest BCUT2D eigenvalue weighted by Gasteiger charge is -1.98. The zero-order chi connectivity index (χ0) is 12.5. The predicted octanol–water partition coefficient (Wildman–Crippen LogP) is 2.14. The number of aromatic amines is 1. The molecule has 2 heterocycles. The van der Waals surface area contributed by atoms with E-state index in [1.807, 2.05) is 12.1 Å². The fraction of sp³-hybridized carbons (Fsp3) is 0. The zero-order valence-corrected chi connectivity index (χ0v) is 9.16. The van der Waals surface area contributed by atoms with Crippen molar-refractivity contribution in [2.45, 2.75) is 0 Å². The van der Waals surface area contributed by atoms with Gasteiger partial charge in [-0.1, -0.05) is 5.16 Å². The Hall–Kier alpha value is -2.76. The van der Waals surface area contributed by atoms with Crippen LogP contribution in [0, 0.1) is 0 Å². The monoisotopic (exact) mass is 243 g/mol. The molecule has 0 aliphatic carbocycles. The second-order valence-electron chi connectivity index (χ2n) is 3.71. The minimum atomic E-state index is -0.114. The molecule has 0 saturated heterocycles. The molecule has 0 unspecified atom stereocenters. The molecule has 1 aromatic carbocycles. The Kier molecular flexibility index (Phi) is 2.26. The summed E-state index contributed by atoms with van der Waals surface area (Å²) in [7, 11) is 0. The van der Waals surface area contributed by atoms with Crippen LogP contribution in [0.4, 0.5) is 0 Å². The molecule has 18 heavy (non-hydrogen) atoms. The van der Waals surface area contributed by atoms with Crippen LogP contribution in [-0.4, -0.2) is 25.3 Å². The predicted molar refractivity (Wildman–Crippen MR) is 62.9 cm³/mol. The van der Waals surface area contributed by atoms with Crippen molar-refractivity contribution in [3.8, 4) is 34.5 Å². The number of benzene rings is 1. The fourth-order valence-electron chi connectivity index (χ4n) is 1.61. The average molecular weight is 243 g/mol. The van der Waals surface area contributed by atoms with Crippen molar-refractivity contribution in [1.29, 1.82) is 0 Å². The topological polar surface area (TPSA) is 95.2 Å². The molecule has 6 heteroatoms. The van der Waals surface area contributed by atoms with Crippen molar-refractivity contribution in [2.24, 2.45) is 0 Å². The Bertz CT molecular complexity index is 674. The highest BCUT2D eigenvalue weighted by molar-refractivity contribution is 5.65. The van der Waals surface area contributed by atoms with Gasteiger partial charge < -0.3 is 19.7 Å². The van der Waals surface area contributed by atoms with Gasteiger partial charge in [0.1, 0.15) is 11.5 Å². The van der Waals surface area contributed by atoms with Crippen molar-refractivity contribution >= 4 is 0 Å². The maximum atomic E-state index is 9.69. The van der Waals surface area contributed by atoms with Gasteiger partial charge in [-0.25, -0.2) is 0 Å². The number of hydrogen-bond acceptors (Lipinski definition) is 5. The Morgan fingerprint density at radius 1 is 1.17 bits per heavy atom. The van der Waals surface area contributed by atoms with Crippen LogP contribution in [-0.2, 0) is 0 Å². The molecule has 0 saturated carbocycles. The van der Waals surface area contributed by atoms with E-state index in [-0.39, 0.29) is 17.4 Å². The number of hydrogen-bond donors (Lipinski definition) is 3. The third-order valence-electron chi connectivity index (χ3n) is 2.48. The summed E-state index contributed by atoms with van der Waals surface area (Å²) >= 11 is 0. The van der Waals surface area contributed by atoms with Crippen molar-refractivity contribution in [3.05, 3.63) is 36.5 Å². The van der Waals surface area contributed by atoms with Crippen molar-refractivity contribution in [2.75, 3.05) is 0 Å². The summed E-state index contributed by atoms with van der Waals surface area (Å²) < 4.78 is 5.07. The molecule has 0 fully saturated rings. The Balaban J connectivity index is 2.03. The van der Waals surface area contributed by atoms with Crippen molar-refractivity contribution < 1.29 is 14.7 Å². The summed E-state index contributed by atoms with van der Waals surface area (Å²) in [5.41, 5.74) is 1.10. The fourth-order valence-corrected chi connectivity index (χ4v) is 1.61. The largest absolute Gasteiger partial charge is 0.508 e. The number of phenolic OH excluding ortho intramolecular Hbond substituents is 2. The number of phenols is 2. The van der Waals surface area contributed by atoms with Gasteiger partial charge in [0.25, 0.3) is 5.89 Å². The van der Waals surface area contributed by atoms with Crippen LogP contribution in [0.15, 0.2) is 41.1 Å². The maximum Gasteiger partial charge on any atom is 0.262 e. The van der Waals surface area contributed by atoms with E-state index in [0.717, 1.165) is 5.69 Å². The van der Waals surface area contributed by atoms with Crippen molar-refractivity contribution in [1.82, 2.24) is 15.1 Å². The molecule has 0 atom stereocenters. The number of rotatable bonds is 2. The van der Waals surface area contributed by atoms with Gasteiger partial charge in [0.05, 0.1) is 11.3 Å². The van der Waals surface area contributed by atoms with Crippen LogP contribution in [0.1, 0.15) is 0 Å². The maximum absolute atomic E-state index is 9.69. The molecule has 3 N–H and O–H groups in total. The van der Waals surface area contributed by atoms with Gasteiger partial charge in [-0.05, 0) is 24.3 Å². The summed E-state index contributed by atoms with van der Waals surface area (Å²) in [6.45, 7) is 0. The standard InChI is InChI=1S/C12H9N3O3/c16-7-3-4-8(10(17)6-7)12-14-11(15-18-12)9-2-1-5-13-9/h1-6,13,16-17H. The van der Waals surface area contributed by atoms with Crippen LogP contribution < -0.4 is 0 Å². The van der Waals surface area contributed by atoms with E-state index in [4.69, 9.17) is 4.52 Å². The minimum absolute atomic E-state index is 0.0274. The number of aromatic nitrogens is 3. The SMILES string of the molecule is Oc1ccc(-c2nc(-c3ccc[nH]3)no2)c(O)c1. The van der Waals surface area contributed by atoms with Gasteiger partial charge >= 0.3 is 0 Å². The number of nitrogens with zero attached hydrogens (tertiary/aromatic N) is 2. The van der Waals surface area contributed by atoms with E-state index in [1.54, 1.807) is 6.20 Å². The van der Waals surface area contributed by atoms with E-state index in [9.17, 15) is 10.2 Å². The lowest BCUT2D eigenvalue weighted by atomic mass is 10.2. The van der Waals surface area contributed by atoms with Gasteiger partial charge in [0, 0.05) is 12.3 Å². The number of H-pyrrole nitrogens is 1. The van der Waals surface area contributed by atoms with Gasteiger partial charge in [0.15, 0.2) is 0 Å². The van der Waals surface area contributed by atoms with Gasteiger partial charge in [-0.3, -0.25) is 0 Å². The molecule has 0 bridgehead atoms. The summed E-state index contributed by atoms with van der Waals surface area (Å²) in [5, 5.41) is 22.7. The molecule has 0 aliphatic rings. The molecule has 0 spiro atoms. The Morgan fingerprint density at radius 2 is 2.06 bits per heavy atom. The molecular weight excluding hydrogens is 234 g/mol. The molecule has 6 nitrogen and oxygen atoms in total. The molecular formula is C12H9N3O3. The van der Waals surface area contributed by atoms with Crippen LogP contribution in [0.5, 0.6) is 11.5 Å². The number of aromatic hydroxyl groups is 2. The zero-order valence-electron chi connectivity index (χ0n) is 9.16. The molecule has 0 radical (unpaired) electrons. The summed E-state index contributed by atoms with van der Waals surface area (Å²) in [6, 6.07) is 7.80. The van der Waals surface area contributed by atoms with Crippen LogP contribution in [0.2, 0.25) is 0 Å². The lowest BCUT2D eigenvalue weighted by molar-refractivity contribution is 0.423. The first-order chi connectivity index (χ1) is 8.74. The van der Waals surface area contributed by atoms with E-state index < -0.39 is 0 Å². The highest BCUT2D eigenvalue weighted by atomic mass is 16.5. The minimum Gasteiger partial charge on any atom is -0.508 e.